The standard InChI is InChI=1S/C19H30N6O2.HI/c1-6-8-11-20-19(21-13-18-24-23-14(3)25(18)4)22-15-9-10-16(27-7-2)17(12-15)26-5;/h9-10,12H,6-8,11,13H2,1-5H3,(H2,20,21,22);1H. The number of rotatable bonds is 9. The number of guanidine groups is 1. The van der Waals surface area contributed by atoms with Crippen LogP contribution in [-0.2, 0) is 13.6 Å². The zero-order valence-corrected chi connectivity index (χ0v) is 19.6. The molecule has 1 heterocycles. The van der Waals surface area contributed by atoms with Crippen molar-refractivity contribution in [3.8, 4) is 11.5 Å². The smallest absolute Gasteiger partial charge is 0.196 e. The zero-order chi connectivity index (χ0) is 19.6. The summed E-state index contributed by atoms with van der Waals surface area (Å²) in [5.74, 6) is 3.77. The molecule has 9 heteroatoms. The molecule has 156 valence electrons. The van der Waals surface area contributed by atoms with Gasteiger partial charge >= 0.3 is 0 Å². The molecule has 0 unspecified atom stereocenters. The molecule has 1 aromatic heterocycles. The summed E-state index contributed by atoms with van der Waals surface area (Å²) in [6.45, 7) is 7.89. The Kier molecular flexibility index (Phi) is 10.6. The van der Waals surface area contributed by atoms with Crippen LogP contribution in [0.1, 0.15) is 38.3 Å². The number of benzene rings is 1. The fourth-order valence-electron chi connectivity index (χ4n) is 2.42. The molecule has 0 bridgehead atoms. The average molecular weight is 502 g/mol. The van der Waals surface area contributed by atoms with Gasteiger partial charge in [0.1, 0.15) is 12.4 Å². The van der Waals surface area contributed by atoms with Gasteiger partial charge in [-0.1, -0.05) is 13.3 Å². The molecule has 2 aromatic rings. The van der Waals surface area contributed by atoms with Gasteiger partial charge in [-0.25, -0.2) is 4.99 Å². The second-order valence-electron chi connectivity index (χ2n) is 6.09. The van der Waals surface area contributed by atoms with E-state index >= 15 is 0 Å². The number of halogens is 1. The van der Waals surface area contributed by atoms with Crippen LogP contribution in [0.25, 0.3) is 0 Å². The highest BCUT2D eigenvalue weighted by Gasteiger charge is 2.08. The summed E-state index contributed by atoms with van der Waals surface area (Å²) >= 11 is 0. The van der Waals surface area contributed by atoms with Crippen molar-refractivity contribution >= 4 is 35.6 Å². The highest BCUT2D eigenvalue weighted by molar-refractivity contribution is 14.0. The van der Waals surface area contributed by atoms with E-state index in [4.69, 9.17) is 9.47 Å². The second-order valence-corrected chi connectivity index (χ2v) is 6.09. The van der Waals surface area contributed by atoms with Gasteiger partial charge in [0.2, 0.25) is 0 Å². The van der Waals surface area contributed by atoms with Crippen molar-refractivity contribution in [2.75, 3.05) is 25.6 Å². The van der Waals surface area contributed by atoms with Crippen LogP contribution in [0.5, 0.6) is 11.5 Å². The summed E-state index contributed by atoms with van der Waals surface area (Å²) in [6, 6.07) is 5.73. The first-order valence-corrected chi connectivity index (χ1v) is 9.30. The summed E-state index contributed by atoms with van der Waals surface area (Å²) in [6.07, 6.45) is 2.18. The van der Waals surface area contributed by atoms with Crippen LogP contribution in [0.3, 0.4) is 0 Å². The van der Waals surface area contributed by atoms with Crippen LogP contribution in [0.15, 0.2) is 23.2 Å². The fourth-order valence-corrected chi connectivity index (χ4v) is 2.42. The average Bonchev–Trinajstić information content (AvgIpc) is 2.99. The number of nitrogens with zero attached hydrogens (tertiary/aromatic N) is 4. The summed E-state index contributed by atoms with van der Waals surface area (Å²) in [5, 5.41) is 14.9. The molecule has 0 fully saturated rings. The van der Waals surface area contributed by atoms with Crippen LogP contribution in [0.2, 0.25) is 0 Å². The molecule has 0 aliphatic rings. The Hall–Kier alpha value is -2.04. The first-order valence-electron chi connectivity index (χ1n) is 9.30. The van der Waals surface area contributed by atoms with E-state index in [2.05, 4.69) is 32.7 Å². The number of methoxy groups -OCH3 is 1. The number of aliphatic imine (C=N–C) groups is 1. The largest absolute Gasteiger partial charge is 0.493 e. The monoisotopic (exact) mass is 502 g/mol. The predicted molar refractivity (Wildman–Crippen MR) is 123 cm³/mol. The van der Waals surface area contributed by atoms with E-state index in [1.165, 1.54) is 0 Å². The van der Waals surface area contributed by atoms with E-state index in [1.54, 1.807) is 7.11 Å². The highest BCUT2D eigenvalue weighted by Crippen LogP contribution is 2.30. The minimum Gasteiger partial charge on any atom is -0.493 e. The topological polar surface area (TPSA) is 85.6 Å². The Balaban J connectivity index is 0.00000392. The van der Waals surface area contributed by atoms with Gasteiger partial charge in [0.15, 0.2) is 23.3 Å². The second kappa shape index (κ2) is 12.4. The van der Waals surface area contributed by atoms with E-state index < -0.39 is 0 Å². The molecule has 8 nitrogen and oxygen atoms in total. The molecular weight excluding hydrogens is 471 g/mol. The Morgan fingerprint density at radius 2 is 2.00 bits per heavy atom. The molecule has 0 aliphatic heterocycles. The lowest BCUT2D eigenvalue weighted by atomic mass is 10.2. The number of unbranched alkanes of at least 4 members (excludes halogenated alkanes) is 1. The maximum Gasteiger partial charge on any atom is 0.196 e. The van der Waals surface area contributed by atoms with Crippen molar-refractivity contribution in [1.82, 2.24) is 20.1 Å². The van der Waals surface area contributed by atoms with Crippen molar-refractivity contribution in [3.05, 3.63) is 29.8 Å². The van der Waals surface area contributed by atoms with Gasteiger partial charge in [-0.3, -0.25) is 0 Å². The minimum atomic E-state index is 0. The van der Waals surface area contributed by atoms with Crippen LogP contribution in [0.4, 0.5) is 5.69 Å². The lowest BCUT2D eigenvalue weighted by molar-refractivity contribution is 0.311. The molecule has 1 aromatic carbocycles. The van der Waals surface area contributed by atoms with Gasteiger partial charge in [-0.15, -0.1) is 34.2 Å². The van der Waals surface area contributed by atoms with Gasteiger partial charge in [0.05, 0.1) is 13.7 Å². The molecule has 0 amide bonds. The molecule has 0 spiro atoms. The van der Waals surface area contributed by atoms with Crippen LogP contribution < -0.4 is 20.1 Å². The fraction of sp³-hybridized carbons (Fsp3) is 0.526. The Morgan fingerprint density at radius 3 is 2.61 bits per heavy atom. The lowest BCUT2D eigenvalue weighted by Crippen LogP contribution is -2.31. The van der Waals surface area contributed by atoms with E-state index in [9.17, 15) is 0 Å². The normalized spacial score (nSPS) is 11.0. The van der Waals surface area contributed by atoms with E-state index in [0.717, 1.165) is 42.5 Å². The van der Waals surface area contributed by atoms with E-state index in [0.29, 0.717) is 24.9 Å². The molecule has 2 N–H and O–H groups in total. The Morgan fingerprint density at radius 1 is 1.21 bits per heavy atom. The van der Waals surface area contributed by atoms with Crippen LogP contribution in [0, 0.1) is 6.92 Å². The van der Waals surface area contributed by atoms with Gasteiger partial charge in [0, 0.05) is 25.3 Å². The van der Waals surface area contributed by atoms with Gasteiger partial charge in [-0.05, 0) is 32.4 Å². The number of hydrogen-bond donors (Lipinski definition) is 2. The van der Waals surface area contributed by atoms with Gasteiger partial charge in [-0.2, -0.15) is 0 Å². The lowest BCUT2D eigenvalue weighted by Gasteiger charge is -2.15. The third-order valence-electron chi connectivity index (χ3n) is 4.11. The van der Waals surface area contributed by atoms with Gasteiger partial charge in [0.25, 0.3) is 0 Å². The number of nitrogens with one attached hydrogen (secondary N) is 2. The third kappa shape index (κ3) is 6.84. The summed E-state index contributed by atoms with van der Waals surface area (Å²) in [7, 11) is 3.57. The van der Waals surface area contributed by atoms with Crippen molar-refractivity contribution < 1.29 is 9.47 Å². The van der Waals surface area contributed by atoms with E-state index in [1.807, 2.05) is 43.7 Å². The highest BCUT2D eigenvalue weighted by atomic mass is 127. The number of aryl methyl sites for hydroxylation is 1. The SMILES string of the molecule is CCCCNC(=NCc1nnc(C)n1C)Nc1ccc(OCC)c(OC)c1.I. The molecule has 2 rings (SSSR count). The van der Waals surface area contributed by atoms with E-state index in [-0.39, 0.29) is 24.0 Å². The first-order chi connectivity index (χ1) is 13.1. The molecule has 0 saturated heterocycles. The van der Waals surface area contributed by atoms with Crippen molar-refractivity contribution in [2.45, 2.75) is 40.2 Å². The number of ether oxygens (including phenoxy) is 2. The zero-order valence-electron chi connectivity index (χ0n) is 17.3. The summed E-state index contributed by atoms with van der Waals surface area (Å²) in [5.41, 5.74) is 0.868. The quantitative estimate of drug-likeness (QED) is 0.236. The molecule has 28 heavy (non-hydrogen) atoms. The molecule has 0 atom stereocenters. The van der Waals surface area contributed by atoms with Crippen LogP contribution >= 0.6 is 24.0 Å². The molecular formula is C19H31IN6O2. The number of anilines is 1. The number of hydrogen-bond acceptors (Lipinski definition) is 5. The van der Waals surface area contributed by atoms with Gasteiger partial charge < -0.3 is 24.7 Å². The predicted octanol–water partition coefficient (Wildman–Crippen LogP) is 3.51. The Labute approximate surface area is 184 Å². The summed E-state index contributed by atoms with van der Waals surface area (Å²) < 4.78 is 12.9. The maximum absolute atomic E-state index is 5.57. The van der Waals surface area contributed by atoms with Crippen LogP contribution in [-0.4, -0.2) is 41.0 Å². The van der Waals surface area contributed by atoms with Crippen molar-refractivity contribution in [1.29, 1.82) is 0 Å². The maximum atomic E-state index is 5.57. The third-order valence-corrected chi connectivity index (χ3v) is 4.11. The first kappa shape index (κ1) is 24.0. The minimum absolute atomic E-state index is 0. The molecule has 0 radical (unpaired) electrons. The summed E-state index contributed by atoms with van der Waals surface area (Å²) in [4.78, 5) is 4.65. The Bertz CT molecular complexity index is 763. The number of aromatic nitrogens is 3. The molecule has 0 aliphatic carbocycles. The molecule has 0 saturated carbocycles. The van der Waals surface area contributed by atoms with Crippen molar-refractivity contribution in [2.24, 2.45) is 12.0 Å². The van der Waals surface area contributed by atoms with Crippen molar-refractivity contribution in [3.63, 3.8) is 0 Å².